The van der Waals surface area contributed by atoms with Gasteiger partial charge >= 0.3 is 0 Å². The molecular formula is C51H29N3S2. The third-order valence-electron chi connectivity index (χ3n) is 11.1. The maximum atomic E-state index is 5.24. The number of benzene rings is 9. The molecule has 0 unspecified atom stereocenters. The third kappa shape index (κ3) is 4.98. The smallest absolute Gasteiger partial charge is 0.164 e. The van der Waals surface area contributed by atoms with Crippen LogP contribution in [-0.2, 0) is 0 Å². The van der Waals surface area contributed by atoms with Crippen LogP contribution in [0.15, 0.2) is 176 Å². The summed E-state index contributed by atoms with van der Waals surface area (Å²) in [7, 11) is 0. The topological polar surface area (TPSA) is 38.7 Å². The van der Waals surface area contributed by atoms with Gasteiger partial charge in [-0.05, 0) is 79.8 Å². The fourth-order valence-corrected chi connectivity index (χ4v) is 10.7. The number of fused-ring (bicyclic) bond motifs is 11. The lowest BCUT2D eigenvalue weighted by Crippen LogP contribution is -2.00. The maximum absolute atomic E-state index is 5.24. The highest BCUT2D eigenvalue weighted by Crippen LogP contribution is 2.43. The molecule has 3 aromatic heterocycles. The summed E-state index contributed by atoms with van der Waals surface area (Å²) in [6.45, 7) is 0. The van der Waals surface area contributed by atoms with E-state index in [1.54, 1.807) is 11.3 Å². The second-order valence-corrected chi connectivity index (χ2v) is 16.5. The van der Waals surface area contributed by atoms with Gasteiger partial charge in [0, 0.05) is 57.0 Å². The summed E-state index contributed by atoms with van der Waals surface area (Å²) in [5, 5.41) is 12.6. The van der Waals surface area contributed by atoms with Crippen molar-refractivity contribution in [1.29, 1.82) is 0 Å². The van der Waals surface area contributed by atoms with Crippen molar-refractivity contribution in [2.24, 2.45) is 0 Å². The zero-order valence-corrected chi connectivity index (χ0v) is 31.5. The van der Waals surface area contributed by atoms with Gasteiger partial charge in [-0.3, -0.25) is 0 Å². The van der Waals surface area contributed by atoms with Crippen molar-refractivity contribution >= 4 is 95.3 Å². The average molecular weight is 748 g/mol. The number of nitrogens with zero attached hydrogens (tertiary/aromatic N) is 3. The van der Waals surface area contributed by atoms with Gasteiger partial charge in [-0.1, -0.05) is 140 Å². The first-order valence-corrected chi connectivity index (χ1v) is 20.4. The van der Waals surface area contributed by atoms with Gasteiger partial charge in [0.25, 0.3) is 0 Å². The van der Waals surface area contributed by atoms with Crippen LogP contribution >= 0.6 is 22.7 Å². The first kappa shape index (κ1) is 31.5. The van der Waals surface area contributed by atoms with E-state index < -0.39 is 0 Å². The van der Waals surface area contributed by atoms with Crippen LogP contribution in [0.4, 0.5) is 0 Å². The van der Waals surface area contributed by atoms with Gasteiger partial charge in [0.1, 0.15) is 0 Å². The summed E-state index contributed by atoms with van der Waals surface area (Å²) >= 11 is 3.62. The first-order chi connectivity index (χ1) is 27.7. The van der Waals surface area contributed by atoms with Crippen molar-refractivity contribution < 1.29 is 0 Å². The molecular weight excluding hydrogens is 719 g/mol. The molecule has 0 bridgehead atoms. The summed E-state index contributed by atoms with van der Waals surface area (Å²) in [5.41, 5.74) is 5.33. The molecule has 12 aromatic rings. The molecule has 0 saturated carbocycles. The Bertz CT molecular complexity index is 3550. The first-order valence-electron chi connectivity index (χ1n) is 18.8. The Kier molecular flexibility index (Phi) is 6.97. The van der Waals surface area contributed by atoms with Crippen LogP contribution in [0.1, 0.15) is 0 Å². The van der Waals surface area contributed by atoms with E-state index in [9.17, 15) is 0 Å². The minimum atomic E-state index is 0.663. The Morgan fingerprint density at radius 2 is 0.875 bits per heavy atom. The van der Waals surface area contributed by atoms with Crippen LogP contribution < -0.4 is 0 Å². The normalized spacial score (nSPS) is 11.9. The zero-order chi connectivity index (χ0) is 36.7. The molecule has 0 spiro atoms. The lowest BCUT2D eigenvalue weighted by atomic mass is 9.94. The summed E-state index contributed by atoms with van der Waals surface area (Å²) in [6.07, 6.45) is 0. The quantitative estimate of drug-likeness (QED) is 0.168. The van der Waals surface area contributed by atoms with Crippen molar-refractivity contribution in [2.75, 3.05) is 0 Å². The molecule has 0 aliphatic rings. The molecule has 0 amide bonds. The molecule has 12 rings (SSSR count). The number of hydrogen-bond acceptors (Lipinski definition) is 5. The van der Waals surface area contributed by atoms with Crippen molar-refractivity contribution in [1.82, 2.24) is 15.0 Å². The second kappa shape index (κ2) is 12.4. The Morgan fingerprint density at radius 1 is 0.286 bits per heavy atom. The van der Waals surface area contributed by atoms with E-state index in [4.69, 9.17) is 15.0 Å². The Balaban J connectivity index is 1.02. The minimum absolute atomic E-state index is 0.663. The molecule has 0 N–H and O–H groups in total. The van der Waals surface area contributed by atoms with Crippen LogP contribution in [-0.4, -0.2) is 15.0 Å². The molecule has 0 atom stereocenters. The summed E-state index contributed by atoms with van der Waals surface area (Å²) in [6, 6.07) is 63.4. The minimum Gasteiger partial charge on any atom is -0.208 e. The van der Waals surface area contributed by atoms with Crippen LogP contribution in [0.2, 0.25) is 0 Å². The molecule has 0 aliphatic heterocycles. The standard InChI is InChI=1S/C51H29N3S2/c1-2-10-31(11-3-1)49-52-50(35-20-25-41-40-13-6-7-15-44(40)56-47(41)29-35)54-51(53-49)42-14-8-16-46-48(42)43-28-33(21-26-45(43)55-46)32-18-22-37-34(27-32)19-24-38-36-12-5-4-9-30(36)17-23-39(37)38/h1-29H. The molecule has 0 radical (unpaired) electrons. The van der Waals surface area contributed by atoms with Gasteiger partial charge in [-0.2, -0.15) is 0 Å². The van der Waals surface area contributed by atoms with E-state index in [-0.39, 0.29) is 0 Å². The van der Waals surface area contributed by atoms with Crippen molar-refractivity contribution in [2.45, 2.75) is 0 Å². The molecule has 260 valence electrons. The SMILES string of the molecule is c1ccc(-c2nc(-c3ccc4c(c3)sc3ccccc34)nc(-c3cccc4sc5ccc(-c6ccc7c(ccc8c9ccccc9ccc78)c6)cc5c34)n2)cc1. The van der Waals surface area contributed by atoms with Gasteiger partial charge in [0.15, 0.2) is 17.5 Å². The number of aromatic nitrogens is 3. The van der Waals surface area contributed by atoms with Crippen LogP contribution in [0.5, 0.6) is 0 Å². The van der Waals surface area contributed by atoms with Crippen LogP contribution in [0.3, 0.4) is 0 Å². The van der Waals surface area contributed by atoms with E-state index in [2.05, 4.69) is 158 Å². The second-order valence-electron chi connectivity index (χ2n) is 14.4. The predicted octanol–water partition coefficient (Wildman–Crippen LogP) is 14.7. The number of hydrogen-bond donors (Lipinski definition) is 0. The van der Waals surface area contributed by atoms with E-state index in [1.165, 1.54) is 83.8 Å². The Hall–Kier alpha value is -6.79. The van der Waals surface area contributed by atoms with E-state index in [1.807, 2.05) is 29.5 Å². The van der Waals surface area contributed by atoms with Gasteiger partial charge in [-0.15, -0.1) is 22.7 Å². The summed E-state index contributed by atoms with van der Waals surface area (Å²) < 4.78 is 4.95. The molecule has 0 saturated heterocycles. The highest BCUT2D eigenvalue weighted by molar-refractivity contribution is 7.26. The molecule has 5 heteroatoms. The highest BCUT2D eigenvalue weighted by atomic mass is 32.1. The molecule has 9 aromatic carbocycles. The molecule has 3 nitrogen and oxygen atoms in total. The van der Waals surface area contributed by atoms with Gasteiger partial charge in [-0.25, -0.2) is 15.0 Å². The van der Waals surface area contributed by atoms with E-state index >= 15 is 0 Å². The lowest BCUT2D eigenvalue weighted by Gasteiger charge is -2.11. The fraction of sp³-hybridized carbons (Fsp3) is 0. The van der Waals surface area contributed by atoms with E-state index in [0.29, 0.717) is 17.5 Å². The van der Waals surface area contributed by atoms with Crippen LogP contribution in [0.25, 0.3) is 118 Å². The third-order valence-corrected chi connectivity index (χ3v) is 13.4. The zero-order valence-electron chi connectivity index (χ0n) is 29.9. The average Bonchev–Trinajstić information content (AvgIpc) is 3.84. The van der Waals surface area contributed by atoms with Crippen LogP contribution in [0, 0.1) is 0 Å². The van der Waals surface area contributed by atoms with Gasteiger partial charge in [0.2, 0.25) is 0 Å². The number of rotatable bonds is 4. The maximum Gasteiger partial charge on any atom is 0.164 e. The molecule has 0 fully saturated rings. The van der Waals surface area contributed by atoms with Gasteiger partial charge in [0.05, 0.1) is 0 Å². The highest BCUT2D eigenvalue weighted by Gasteiger charge is 2.18. The largest absolute Gasteiger partial charge is 0.208 e. The summed E-state index contributed by atoms with van der Waals surface area (Å²) in [5.74, 6) is 2.00. The van der Waals surface area contributed by atoms with E-state index in [0.717, 1.165) is 16.7 Å². The van der Waals surface area contributed by atoms with Crippen molar-refractivity contribution in [3.8, 4) is 45.3 Å². The van der Waals surface area contributed by atoms with Crippen molar-refractivity contribution in [3.05, 3.63) is 176 Å². The van der Waals surface area contributed by atoms with Crippen molar-refractivity contribution in [3.63, 3.8) is 0 Å². The molecule has 0 aliphatic carbocycles. The predicted molar refractivity (Wildman–Crippen MR) is 240 cm³/mol. The fourth-order valence-electron chi connectivity index (χ4n) is 8.41. The summed E-state index contributed by atoms with van der Waals surface area (Å²) in [4.78, 5) is 15.5. The molecule has 56 heavy (non-hydrogen) atoms. The monoisotopic (exact) mass is 747 g/mol. The lowest BCUT2D eigenvalue weighted by molar-refractivity contribution is 1.08. The Labute approximate surface area is 329 Å². The number of thiophene rings is 2. The molecule has 3 heterocycles. The Morgan fingerprint density at radius 3 is 1.77 bits per heavy atom. The van der Waals surface area contributed by atoms with Gasteiger partial charge < -0.3 is 0 Å².